The Bertz CT molecular complexity index is 498. The van der Waals surface area contributed by atoms with E-state index in [4.69, 9.17) is 11.1 Å². The Hall–Kier alpha value is -0.820. The van der Waals surface area contributed by atoms with E-state index in [0.29, 0.717) is 0 Å². The molecule has 0 aliphatic rings. The number of rotatable bonds is 1. The van der Waals surface area contributed by atoms with Crippen molar-refractivity contribution in [2.45, 2.75) is 0 Å². The number of hydrogen-bond donors (Lipinski definition) is 2. The van der Waals surface area contributed by atoms with Crippen LogP contribution in [0.3, 0.4) is 0 Å². The molecule has 0 aliphatic heterocycles. The van der Waals surface area contributed by atoms with Crippen molar-refractivity contribution < 1.29 is 32.9 Å². The Morgan fingerprint density at radius 1 is 1.05 bits per heavy atom. The fraction of sp³-hybridized carbons (Fsp3) is 0. The van der Waals surface area contributed by atoms with E-state index in [-0.39, 0.29) is 51.1 Å². The third-order valence-electron chi connectivity index (χ3n) is 1.77. The summed E-state index contributed by atoms with van der Waals surface area (Å²) in [7, 11) is 0. The highest BCUT2D eigenvalue weighted by atomic mass is 79.9. The van der Waals surface area contributed by atoms with Crippen LogP contribution in [0.25, 0.3) is 10.1 Å². The van der Waals surface area contributed by atoms with E-state index in [2.05, 4.69) is 15.9 Å². The first kappa shape index (κ1) is 36.5. The molecular formula is C9H20BrClN2O6S. The lowest BCUT2D eigenvalue weighted by Gasteiger charge is -1.89. The summed E-state index contributed by atoms with van der Waals surface area (Å²) in [5.74, 6) is 0.133. The van der Waals surface area contributed by atoms with Crippen molar-refractivity contribution in [3.8, 4) is 0 Å². The Labute approximate surface area is 133 Å². The number of halogens is 2. The van der Waals surface area contributed by atoms with Gasteiger partial charge in [0.2, 0.25) is 0 Å². The van der Waals surface area contributed by atoms with Crippen molar-refractivity contribution >= 4 is 55.6 Å². The second-order valence-electron chi connectivity index (χ2n) is 2.68. The van der Waals surface area contributed by atoms with E-state index in [9.17, 15) is 0 Å². The number of nitrogen functional groups attached to an aromatic ring is 1. The van der Waals surface area contributed by atoms with Gasteiger partial charge in [0, 0.05) is 14.6 Å². The molecule has 8 nitrogen and oxygen atoms in total. The van der Waals surface area contributed by atoms with Gasteiger partial charge >= 0.3 is 0 Å². The van der Waals surface area contributed by atoms with Crippen LogP contribution in [0.4, 0.5) is 0 Å². The highest BCUT2D eigenvalue weighted by molar-refractivity contribution is 9.10. The summed E-state index contributed by atoms with van der Waals surface area (Å²) in [5, 5.41) is 8.43. The molecule has 0 fully saturated rings. The van der Waals surface area contributed by atoms with Crippen molar-refractivity contribution in [1.29, 1.82) is 5.41 Å². The van der Waals surface area contributed by atoms with Gasteiger partial charge in [-0.1, -0.05) is 22.0 Å². The minimum atomic E-state index is 0. The number of thiophene rings is 1. The second kappa shape index (κ2) is 14.6. The van der Waals surface area contributed by atoms with Gasteiger partial charge in [-0.05, 0) is 18.2 Å². The smallest absolute Gasteiger partial charge is 0.133 e. The zero-order valence-electron chi connectivity index (χ0n) is 10.1. The third kappa shape index (κ3) is 7.09. The molecule has 0 saturated carbocycles. The largest absolute Gasteiger partial charge is 0.412 e. The van der Waals surface area contributed by atoms with Crippen molar-refractivity contribution in [2.75, 3.05) is 0 Å². The quantitative estimate of drug-likeness (QED) is 0.418. The summed E-state index contributed by atoms with van der Waals surface area (Å²) in [6.07, 6.45) is 0. The Morgan fingerprint density at radius 3 is 1.95 bits per heavy atom. The maximum absolute atomic E-state index is 7.31. The van der Waals surface area contributed by atoms with Crippen LogP contribution in [-0.2, 0) is 0 Å². The standard InChI is InChI=1S/C9H7BrN2S.ClH.6H2O/c10-6-2-1-3-7-5(6)4-8(13-7)9(11)12;;;;;;;/h1-4H,(H3,11,12);1H;6*1H2. The van der Waals surface area contributed by atoms with E-state index in [1.807, 2.05) is 24.3 Å². The SMILES string of the molecule is Cl.N=C(N)c1cc2c(Br)cccc2s1.O.O.O.O.O.O. The molecular weight excluding hydrogens is 380 g/mol. The summed E-state index contributed by atoms with van der Waals surface area (Å²) in [6, 6.07) is 7.93. The molecule has 0 atom stereocenters. The van der Waals surface area contributed by atoms with Gasteiger partial charge in [0.1, 0.15) is 5.84 Å². The van der Waals surface area contributed by atoms with Gasteiger partial charge in [-0.3, -0.25) is 5.41 Å². The average molecular weight is 400 g/mol. The molecule has 0 saturated heterocycles. The maximum atomic E-state index is 7.31. The Balaban J connectivity index is -0.0000000700. The van der Waals surface area contributed by atoms with E-state index >= 15 is 0 Å². The molecule has 20 heavy (non-hydrogen) atoms. The molecule has 15 N–H and O–H groups in total. The minimum Gasteiger partial charge on any atom is -0.412 e. The fourth-order valence-corrected chi connectivity index (χ4v) is 2.72. The lowest BCUT2D eigenvalue weighted by Crippen LogP contribution is -2.08. The zero-order chi connectivity index (χ0) is 9.42. The Kier molecular flexibility index (Phi) is 26.6. The molecule has 1 heterocycles. The van der Waals surface area contributed by atoms with Crippen LogP contribution < -0.4 is 5.73 Å². The highest BCUT2D eigenvalue weighted by Gasteiger charge is 2.05. The predicted molar refractivity (Wildman–Crippen MR) is 89.5 cm³/mol. The minimum absolute atomic E-state index is 0. The summed E-state index contributed by atoms with van der Waals surface area (Å²) < 4.78 is 2.20. The molecule has 0 unspecified atom stereocenters. The van der Waals surface area contributed by atoms with Gasteiger partial charge in [-0.2, -0.15) is 0 Å². The predicted octanol–water partition coefficient (Wildman–Crippen LogP) is -1.58. The van der Waals surface area contributed by atoms with Gasteiger partial charge in [-0.25, -0.2) is 0 Å². The summed E-state index contributed by atoms with van der Waals surface area (Å²) in [4.78, 5) is 0.821. The summed E-state index contributed by atoms with van der Waals surface area (Å²) >= 11 is 4.99. The number of benzene rings is 1. The zero-order valence-corrected chi connectivity index (χ0v) is 13.3. The molecule has 1 aromatic heterocycles. The fourth-order valence-electron chi connectivity index (χ4n) is 1.16. The lowest BCUT2D eigenvalue weighted by molar-refractivity contribution is 0.823. The van der Waals surface area contributed by atoms with Crippen molar-refractivity contribution in [3.05, 3.63) is 33.6 Å². The first-order chi connectivity index (χ1) is 6.18. The normalized spacial score (nSPS) is 6.85. The first-order valence-corrected chi connectivity index (χ1v) is 5.32. The molecule has 0 spiro atoms. The maximum Gasteiger partial charge on any atom is 0.133 e. The summed E-state index contributed by atoms with van der Waals surface area (Å²) in [5.41, 5.74) is 5.41. The molecule has 11 heteroatoms. The topological polar surface area (TPSA) is 239 Å². The molecule has 0 bridgehead atoms. The molecule has 0 aliphatic carbocycles. The van der Waals surface area contributed by atoms with Gasteiger partial charge in [0.05, 0.1) is 4.88 Å². The van der Waals surface area contributed by atoms with Crippen molar-refractivity contribution in [3.63, 3.8) is 0 Å². The van der Waals surface area contributed by atoms with Gasteiger partial charge in [-0.15, -0.1) is 23.7 Å². The van der Waals surface area contributed by atoms with E-state index in [0.717, 1.165) is 19.4 Å². The van der Waals surface area contributed by atoms with Gasteiger partial charge < -0.3 is 38.6 Å². The molecule has 122 valence electrons. The molecule has 0 radical (unpaired) electrons. The number of nitrogens with one attached hydrogen (secondary N) is 1. The number of amidine groups is 1. The van der Waals surface area contributed by atoms with Crippen LogP contribution in [0.1, 0.15) is 4.88 Å². The van der Waals surface area contributed by atoms with Crippen molar-refractivity contribution in [2.24, 2.45) is 5.73 Å². The monoisotopic (exact) mass is 398 g/mol. The molecule has 2 aromatic rings. The summed E-state index contributed by atoms with van der Waals surface area (Å²) in [6.45, 7) is 0. The number of fused-ring (bicyclic) bond motifs is 1. The van der Waals surface area contributed by atoms with Crippen molar-refractivity contribution in [1.82, 2.24) is 0 Å². The third-order valence-corrected chi connectivity index (χ3v) is 3.60. The lowest BCUT2D eigenvalue weighted by atomic mass is 10.2. The van der Waals surface area contributed by atoms with Crippen LogP contribution in [0, 0.1) is 5.41 Å². The first-order valence-electron chi connectivity index (χ1n) is 3.71. The van der Waals surface area contributed by atoms with Gasteiger partial charge in [0.25, 0.3) is 0 Å². The van der Waals surface area contributed by atoms with Crippen LogP contribution in [-0.4, -0.2) is 38.7 Å². The molecule has 1 aromatic carbocycles. The molecule has 0 amide bonds. The van der Waals surface area contributed by atoms with Crippen LogP contribution >= 0.6 is 39.7 Å². The Morgan fingerprint density at radius 2 is 1.55 bits per heavy atom. The van der Waals surface area contributed by atoms with E-state index in [1.54, 1.807) is 0 Å². The van der Waals surface area contributed by atoms with Crippen LogP contribution in [0.15, 0.2) is 28.7 Å². The van der Waals surface area contributed by atoms with Crippen LogP contribution in [0.2, 0.25) is 0 Å². The van der Waals surface area contributed by atoms with Gasteiger partial charge in [0.15, 0.2) is 0 Å². The van der Waals surface area contributed by atoms with E-state index in [1.165, 1.54) is 11.3 Å². The van der Waals surface area contributed by atoms with E-state index < -0.39 is 0 Å². The van der Waals surface area contributed by atoms with Crippen LogP contribution in [0.5, 0.6) is 0 Å². The number of hydrogen-bond acceptors (Lipinski definition) is 2. The average Bonchev–Trinajstić information content (AvgIpc) is 2.49. The second-order valence-corrected chi connectivity index (χ2v) is 4.61. The highest BCUT2D eigenvalue weighted by Crippen LogP contribution is 2.30. The number of nitrogens with two attached hydrogens (primary N) is 1. The molecule has 2 rings (SSSR count).